The Labute approximate surface area is 341 Å². The third-order valence-corrected chi connectivity index (χ3v) is 13.2. The summed E-state index contributed by atoms with van der Waals surface area (Å²) < 4.78 is 18.5. The molecule has 1 amide bonds. The summed E-state index contributed by atoms with van der Waals surface area (Å²) in [5.74, 6) is -3.47. The molecule has 2 bridgehead atoms. The summed E-state index contributed by atoms with van der Waals surface area (Å²) in [6, 6.07) is -0.820. The normalized spacial score (nSPS) is 41.3. The monoisotopic (exact) mass is 800 g/mol. The molecule has 57 heavy (non-hydrogen) atoms. The van der Waals surface area contributed by atoms with Crippen molar-refractivity contribution in [2.24, 2.45) is 29.6 Å². The van der Waals surface area contributed by atoms with E-state index in [0.29, 0.717) is 50.1 Å². The van der Waals surface area contributed by atoms with Crippen LogP contribution in [0.2, 0.25) is 0 Å². The number of fused-ring (bicyclic) bond motifs is 3. The summed E-state index contributed by atoms with van der Waals surface area (Å²) in [5, 5.41) is 44.2. The third kappa shape index (κ3) is 13.4. The zero-order valence-electron chi connectivity index (χ0n) is 35.7. The Hall–Kier alpha value is -2.67. The number of ketones is 1. The first kappa shape index (κ1) is 47.0. The molecule has 0 radical (unpaired) electrons. The Morgan fingerprint density at radius 2 is 1.61 bits per heavy atom. The van der Waals surface area contributed by atoms with Gasteiger partial charge in [-0.05, 0) is 113 Å². The van der Waals surface area contributed by atoms with Crippen LogP contribution in [0.25, 0.3) is 0 Å². The Morgan fingerprint density at radius 3 is 2.32 bits per heavy atom. The van der Waals surface area contributed by atoms with Crippen LogP contribution in [0.4, 0.5) is 0 Å². The molecule has 4 N–H and O–H groups in total. The van der Waals surface area contributed by atoms with Crippen LogP contribution < -0.4 is 0 Å². The van der Waals surface area contributed by atoms with Crippen molar-refractivity contribution in [3.8, 4) is 0 Å². The first-order valence-corrected chi connectivity index (χ1v) is 21.7. The van der Waals surface area contributed by atoms with E-state index < -0.39 is 47.8 Å². The zero-order chi connectivity index (χ0) is 41.9. The number of Topliss-reactive ketones (excluding diaryl/α,β-unsaturated/α-hetero) is 1. The van der Waals surface area contributed by atoms with Gasteiger partial charge in [0.1, 0.15) is 24.4 Å². The van der Waals surface area contributed by atoms with Crippen molar-refractivity contribution in [2.75, 3.05) is 13.7 Å². The Bertz CT molecular complexity index is 1450. The number of rotatable bonds is 4. The predicted molar refractivity (Wildman–Crippen MR) is 220 cm³/mol. The average Bonchev–Trinajstić information content (AvgIpc) is 3.18. The molecule has 1 aliphatic carbocycles. The number of cyclic esters (lactones) is 1. The molecular weight excluding hydrogens is 727 g/mol. The molecule has 0 aromatic heterocycles. The number of aliphatic hydroxyl groups excluding tert-OH is 3. The van der Waals surface area contributed by atoms with E-state index in [1.165, 1.54) is 0 Å². The van der Waals surface area contributed by atoms with Crippen molar-refractivity contribution in [1.29, 1.82) is 0 Å². The summed E-state index contributed by atoms with van der Waals surface area (Å²) in [6.07, 6.45) is 15.3. The van der Waals surface area contributed by atoms with Gasteiger partial charge in [-0.2, -0.15) is 0 Å². The number of carbonyl (C=O) groups excluding carboxylic acids is 3. The fourth-order valence-corrected chi connectivity index (χ4v) is 9.19. The van der Waals surface area contributed by atoms with E-state index in [-0.39, 0.29) is 54.8 Å². The largest absolute Gasteiger partial charge is 0.460 e. The lowest BCUT2D eigenvalue weighted by Crippen LogP contribution is -2.54. The fourth-order valence-electron chi connectivity index (χ4n) is 9.19. The van der Waals surface area contributed by atoms with Crippen molar-refractivity contribution in [3.05, 3.63) is 47.6 Å². The molecule has 3 heterocycles. The maximum absolute atomic E-state index is 14.2. The Morgan fingerprint density at radius 1 is 0.895 bits per heavy atom. The van der Waals surface area contributed by atoms with Crippen LogP contribution in [-0.4, -0.2) is 105 Å². The van der Waals surface area contributed by atoms with E-state index >= 15 is 0 Å². The molecule has 0 aromatic carbocycles. The van der Waals surface area contributed by atoms with Crippen molar-refractivity contribution >= 4 is 17.7 Å². The summed E-state index contributed by atoms with van der Waals surface area (Å²) in [5.41, 5.74) is 1.39. The van der Waals surface area contributed by atoms with E-state index in [1.807, 2.05) is 58.1 Å². The lowest BCUT2D eigenvalue weighted by atomic mass is 9.80. The molecule has 11 atom stereocenters. The number of esters is 1. The van der Waals surface area contributed by atoms with E-state index in [1.54, 1.807) is 31.9 Å². The van der Waals surface area contributed by atoms with E-state index in [9.17, 15) is 34.8 Å². The van der Waals surface area contributed by atoms with Crippen LogP contribution in [0.1, 0.15) is 131 Å². The number of allylic oxidation sites excluding steroid dienone is 5. The minimum absolute atomic E-state index is 0.0370. The molecule has 322 valence electrons. The van der Waals surface area contributed by atoms with Crippen LogP contribution in [0.5, 0.6) is 0 Å². The van der Waals surface area contributed by atoms with E-state index in [2.05, 4.69) is 0 Å². The number of piperidine rings is 1. The van der Waals surface area contributed by atoms with Crippen LogP contribution in [0.3, 0.4) is 0 Å². The molecule has 3 fully saturated rings. The second kappa shape index (κ2) is 22.1. The summed E-state index contributed by atoms with van der Waals surface area (Å²) in [7, 11) is 1.65. The van der Waals surface area contributed by atoms with Gasteiger partial charge in [-0.1, -0.05) is 64.2 Å². The summed E-state index contributed by atoms with van der Waals surface area (Å²) >= 11 is 0. The molecule has 4 aliphatic rings. The number of amides is 1. The fraction of sp³-hybridized carbons (Fsp3) is 0.761. The van der Waals surface area contributed by atoms with Gasteiger partial charge in [0, 0.05) is 38.3 Å². The maximum Gasteiger partial charge on any atom is 0.329 e. The molecule has 3 aliphatic heterocycles. The molecular formula is C46H73NO10. The quantitative estimate of drug-likeness (QED) is 0.182. The molecule has 0 unspecified atom stereocenters. The second-order valence-electron chi connectivity index (χ2n) is 17.9. The lowest BCUT2D eigenvalue weighted by Gasteiger charge is -2.44. The molecule has 0 spiro atoms. The van der Waals surface area contributed by atoms with Crippen LogP contribution in [0, 0.1) is 29.6 Å². The number of hydrogen-bond donors (Lipinski definition) is 4. The number of nitrogens with zero attached hydrogens (tertiary/aromatic N) is 1. The van der Waals surface area contributed by atoms with Gasteiger partial charge in [0.15, 0.2) is 11.6 Å². The number of hydrogen-bond acceptors (Lipinski definition) is 10. The highest BCUT2D eigenvalue weighted by Crippen LogP contribution is 2.38. The summed E-state index contributed by atoms with van der Waals surface area (Å²) in [4.78, 5) is 43.1. The maximum atomic E-state index is 14.2. The molecule has 0 aromatic rings. The van der Waals surface area contributed by atoms with Gasteiger partial charge < -0.3 is 39.5 Å². The molecule has 1 saturated carbocycles. The molecule has 11 nitrogen and oxygen atoms in total. The van der Waals surface area contributed by atoms with Crippen molar-refractivity contribution in [2.45, 2.75) is 180 Å². The third-order valence-electron chi connectivity index (χ3n) is 13.2. The smallest absolute Gasteiger partial charge is 0.329 e. The highest BCUT2D eigenvalue weighted by molar-refractivity contribution is 5.86. The zero-order valence-corrected chi connectivity index (χ0v) is 35.7. The topological polar surface area (TPSA) is 163 Å². The van der Waals surface area contributed by atoms with Gasteiger partial charge in [0.2, 0.25) is 5.91 Å². The van der Waals surface area contributed by atoms with E-state index in [0.717, 1.165) is 50.5 Å². The minimum atomic E-state index is -1.70. The standard InChI is InChI=1S/C46H73NO10/c1-29-13-9-8-10-14-30(2)40(55-7)27-37-22-17-34(6)46(54,57-37)28-41(49)47-24-12-11-15-38(47)45(53)56-39(32(4)26-35-18-20-36(48)21-19-35)23-16-31(3)42(50)44(52)43(51)33(5)25-29/h8-10,13-14,16,29,32-40,42,44,48,50,52,54H,11-12,15,17-28H2,1-7H3/b10-8+,13-9+,30-14+,31-16+/t29-,32-,33-,34-,35?,36?,37+,38+,39+,40+,42-,44-,46+/m1/s1. The molecule has 2 saturated heterocycles. The van der Waals surface area contributed by atoms with Crippen molar-refractivity contribution in [1.82, 2.24) is 4.90 Å². The highest BCUT2D eigenvalue weighted by Gasteiger charge is 2.46. The minimum Gasteiger partial charge on any atom is -0.460 e. The van der Waals surface area contributed by atoms with E-state index in [4.69, 9.17) is 14.2 Å². The van der Waals surface area contributed by atoms with Gasteiger partial charge in [0.25, 0.3) is 0 Å². The lowest BCUT2D eigenvalue weighted by molar-refractivity contribution is -0.284. The molecule has 4 rings (SSSR count). The Kier molecular flexibility index (Phi) is 18.2. The molecule has 11 heteroatoms. The van der Waals surface area contributed by atoms with Crippen LogP contribution >= 0.6 is 0 Å². The van der Waals surface area contributed by atoms with Gasteiger partial charge in [-0.25, -0.2) is 4.79 Å². The average molecular weight is 800 g/mol. The first-order chi connectivity index (χ1) is 27.0. The van der Waals surface area contributed by atoms with Crippen molar-refractivity contribution < 1.29 is 49.0 Å². The first-order valence-electron chi connectivity index (χ1n) is 21.7. The number of aliphatic hydroxyl groups is 4. The second-order valence-corrected chi connectivity index (χ2v) is 17.9. The van der Waals surface area contributed by atoms with Crippen LogP contribution in [0.15, 0.2) is 47.6 Å². The number of carbonyl (C=O) groups is 3. The summed E-state index contributed by atoms with van der Waals surface area (Å²) in [6.45, 7) is 11.7. The predicted octanol–water partition coefficient (Wildman–Crippen LogP) is 6.52. The van der Waals surface area contributed by atoms with Crippen molar-refractivity contribution in [3.63, 3.8) is 0 Å². The Balaban J connectivity index is 1.63. The van der Waals surface area contributed by atoms with Gasteiger partial charge in [-0.15, -0.1) is 0 Å². The number of ether oxygens (including phenoxy) is 3. The highest BCUT2D eigenvalue weighted by atomic mass is 16.6. The SMILES string of the molecule is CO[C@H]1C[C@@H]2CC[C@@H](C)[C@](O)(CC(=O)N3CCCC[C@H]3C(=O)O[C@H]([C@H](C)CC3CCC(O)CC3)C/C=C(\C)[C@@H](O)[C@@H](O)C(=O)[C@H](C)C[C@H](C)/C=C/C=C/C=C/1C)O2. The van der Waals surface area contributed by atoms with Gasteiger partial charge in [0.05, 0.1) is 24.7 Å². The van der Waals surface area contributed by atoms with Gasteiger partial charge >= 0.3 is 5.97 Å². The van der Waals surface area contributed by atoms with Gasteiger partial charge in [-0.3, -0.25) is 9.59 Å². The number of methoxy groups -OCH3 is 1. The van der Waals surface area contributed by atoms with Crippen LogP contribution in [-0.2, 0) is 28.6 Å².